The lowest BCUT2D eigenvalue weighted by Crippen LogP contribution is -2.17. The van der Waals surface area contributed by atoms with E-state index in [0.29, 0.717) is 5.92 Å². The first-order valence-corrected chi connectivity index (χ1v) is 8.60. The SMILES string of the molecule is CC(C)C1CCC(c2nc3c(s2)CCC3C(=O)O)CC1. The highest BCUT2D eigenvalue weighted by molar-refractivity contribution is 7.11. The molecule has 0 bridgehead atoms. The van der Waals surface area contributed by atoms with Gasteiger partial charge in [-0.2, -0.15) is 0 Å². The van der Waals surface area contributed by atoms with Crippen molar-refractivity contribution in [3.05, 3.63) is 15.6 Å². The van der Waals surface area contributed by atoms with Crippen LogP contribution in [0.1, 0.15) is 73.4 Å². The van der Waals surface area contributed by atoms with E-state index < -0.39 is 5.97 Å². The molecule has 1 saturated carbocycles. The first-order chi connectivity index (χ1) is 9.56. The first-order valence-electron chi connectivity index (χ1n) is 7.78. The summed E-state index contributed by atoms with van der Waals surface area (Å²) in [6, 6.07) is 0. The van der Waals surface area contributed by atoms with Gasteiger partial charge in [0.25, 0.3) is 0 Å². The molecular formula is C16H23NO2S. The molecule has 1 aromatic heterocycles. The van der Waals surface area contributed by atoms with Gasteiger partial charge in [-0.05, 0) is 50.4 Å². The Labute approximate surface area is 124 Å². The van der Waals surface area contributed by atoms with Crippen molar-refractivity contribution in [2.75, 3.05) is 0 Å². The molecule has 1 fully saturated rings. The second-order valence-corrected chi connectivity index (χ2v) is 7.76. The number of aliphatic carboxylic acids is 1. The van der Waals surface area contributed by atoms with Gasteiger partial charge in [-0.25, -0.2) is 4.98 Å². The Bertz CT molecular complexity index is 501. The summed E-state index contributed by atoms with van der Waals surface area (Å²) < 4.78 is 0. The largest absolute Gasteiger partial charge is 0.481 e. The van der Waals surface area contributed by atoms with Crippen LogP contribution in [0.15, 0.2) is 0 Å². The number of carboxylic acids is 1. The fourth-order valence-corrected chi connectivity index (χ4v) is 5.00. The highest BCUT2D eigenvalue weighted by Gasteiger charge is 2.34. The third-order valence-corrected chi connectivity index (χ3v) is 6.39. The van der Waals surface area contributed by atoms with Crippen LogP contribution in [0.25, 0.3) is 0 Å². The van der Waals surface area contributed by atoms with Gasteiger partial charge in [0.15, 0.2) is 0 Å². The number of carboxylic acid groups (broad SMARTS) is 1. The van der Waals surface area contributed by atoms with Gasteiger partial charge in [0.1, 0.15) is 5.92 Å². The van der Waals surface area contributed by atoms with E-state index in [1.807, 2.05) is 0 Å². The normalized spacial score (nSPS) is 29.6. The summed E-state index contributed by atoms with van der Waals surface area (Å²) in [5, 5.41) is 10.5. The quantitative estimate of drug-likeness (QED) is 0.909. The minimum atomic E-state index is -0.705. The van der Waals surface area contributed by atoms with Crippen LogP contribution in [0.2, 0.25) is 0 Å². The van der Waals surface area contributed by atoms with E-state index in [0.717, 1.165) is 30.4 Å². The fourth-order valence-electron chi connectivity index (χ4n) is 3.69. The molecule has 1 aromatic rings. The number of hydrogen-bond acceptors (Lipinski definition) is 3. The Morgan fingerprint density at radius 1 is 1.25 bits per heavy atom. The Hall–Kier alpha value is -0.900. The van der Waals surface area contributed by atoms with Crippen LogP contribution >= 0.6 is 11.3 Å². The monoisotopic (exact) mass is 293 g/mol. The lowest BCUT2D eigenvalue weighted by molar-refractivity contribution is -0.138. The highest BCUT2D eigenvalue weighted by Crippen LogP contribution is 2.44. The molecule has 2 aliphatic rings. The number of fused-ring (bicyclic) bond motifs is 1. The molecule has 1 unspecified atom stereocenters. The van der Waals surface area contributed by atoms with Gasteiger partial charge in [0.05, 0.1) is 10.7 Å². The number of aromatic nitrogens is 1. The maximum absolute atomic E-state index is 11.2. The third kappa shape index (κ3) is 2.50. The van der Waals surface area contributed by atoms with Crippen molar-refractivity contribution in [3.63, 3.8) is 0 Å². The molecule has 3 rings (SSSR count). The summed E-state index contributed by atoms with van der Waals surface area (Å²) >= 11 is 1.78. The Morgan fingerprint density at radius 2 is 1.95 bits per heavy atom. The van der Waals surface area contributed by atoms with Crippen molar-refractivity contribution in [1.82, 2.24) is 4.98 Å². The molecule has 0 spiro atoms. The number of hydrogen-bond donors (Lipinski definition) is 1. The Balaban J connectivity index is 1.71. The third-order valence-electron chi connectivity index (χ3n) is 5.10. The lowest BCUT2D eigenvalue weighted by Gasteiger charge is -2.29. The summed E-state index contributed by atoms with van der Waals surface area (Å²) in [6.45, 7) is 4.64. The average Bonchev–Trinajstić information content (AvgIpc) is 2.97. The molecule has 0 radical (unpaired) electrons. The first kappa shape index (κ1) is 14.1. The minimum absolute atomic E-state index is 0.345. The molecule has 0 aliphatic heterocycles. The summed E-state index contributed by atoms with van der Waals surface area (Å²) in [5.41, 5.74) is 0.878. The molecule has 1 atom stereocenters. The number of carbonyl (C=O) groups is 1. The van der Waals surface area contributed by atoms with E-state index >= 15 is 0 Å². The summed E-state index contributed by atoms with van der Waals surface area (Å²) in [6.07, 6.45) is 6.71. The van der Waals surface area contributed by atoms with Gasteiger partial charge in [-0.1, -0.05) is 13.8 Å². The van der Waals surface area contributed by atoms with E-state index in [1.54, 1.807) is 11.3 Å². The maximum atomic E-state index is 11.2. The fraction of sp³-hybridized carbons (Fsp3) is 0.750. The standard InChI is InChI=1S/C16H23NO2S/c1-9(2)10-3-5-11(6-4-10)15-17-14-12(16(18)19)7-8-13(14)20-15/h9-12H,3-8H2,1-2H3,(H,18,19). The van der Waals surface area contributed by atoms with Crippen molar-refractivity contribution in [3.8, 4) is 0 Å². The summed E-state index contributed by atoms with van der Waals surface area (Å²) in [4.78, 5) is 17.2. The van der Waals surface area contributed by atoms with Crippen molar-refractivity contribution >= 4 is 17.3 Å². The smallest absolute Gasteiger partial charge is 0.312 e. The van der Waals surface area contributed by atoms with Crippen LogP contribution in [0.5, 0.6) is 0 Å². The van der Waals surface area contributed by atoms with Crippen molar-refractivity contribution in [2.24, 2.45) is 11.8 Å². The van der Waals surface area contributed by atoms with Gasteiger partial charge in [0.2, 0.25) is 0 Å². The second kappa shape index (κ2) is 5.47. The van der Waals surface area contributed by atoms with Crippen molar-refractivity contribution in [2.45, 2.75) is 64.2 Å². The van der Waals surface area contributed by atoms with E-state index in [-0.39, 0.29) is 5.92 Å². The van der Waals surface area contributed by atoms with E-state index in [2.05, 4.69) is 13.8 Å². The lowest BCUT2D eigenvalue weighted by atomic mass is 9.77. The van der Waals surface area contributed by atoms with Crippen LogP contribution in [0.3, 0.4) is 0 Å². The molecule has 20 heavy (non-hydrogen) atoms. The topological polar surface area (TPSA) is 50.2 Å². The van der Waals surface area contributed by atoms with Crippen LogP contribution < -0.4 is 0 Å². The van der Waals surface area contributed by atoms with E-state index in [9.17, 15) is 9.90 Å². The number of thiazole rings is 1. The van der Waals surface area contributed by atoms with Gasteiger partial charge in [0, 0.05) is 10.8 Å². The minimum Gasteiger partial charge on any atom is -0.481 e. The van der Waals surface area contributed by atoms with Gasteiger partial charge < -0.3 is 5.11 Å². The van der Waals surface area contributed by atoms with E-state index in [1.165, 1.54) is 35.6 Å². The van der Waals surface area contributed by atoms with Gasteiger partial charge >= 0.3 is 5.97 Å². The molecule has 4 heteroatoms. The molecule has 1 heterocycles. The van der Waals surface area contributed by atoms with Crippen LogP contribution in [0, 0.1) is 11.8 Å². The van der Waals surface area contributed by atoms with Crippen LogP contribution in [0.4, 0.5) is 0 Å². The van der Waals surface area contributed by atoms with Crippen LogP contribution in [-0.4, -0.2) is 16.1 Å². The van der Waals surface area contributed by atoms with E-state index in [4.69, 9.17) is 4.98 Å². The Morgan fingerprint density at radius 3 is 2.55 bits per heavy atom. The predicted molar refractivity (Wildman–Crippen MR) is 80.3 cm³/mol. The molecule has 0 aromatic carbocycles. The average molecular weight is 293 g/mol. The summed E-state index contributed by atoms with van der Waals surface area (Å²) in [5.74, 6) is 1.18. The predicted octanol–water partition coefficient (Wildman–Crippen LogP) is 4.19. The highest BCUT2D eigenvalue weighted by atomic mass is 32.1. The number of rotatable bonds is 3. The maximum Gasteiger partial charge on any atom is 0.312 e. The molecule has 110 valence electrons. The van der Waals surface area contributed by atoms with Gasteiger partial charge in [-0.15, -0.1) is 11.3 Å². The Kier molecular flexibility index (Phi) is 3.85. The van der Waals surface area contributed by atoms with Crippen molar-refractivity contribution < 1.29 is 9.90 Å². The molecular weight excluding hydrogens is 270 g/mol. The van der Waals surface area contributed by atoms with Gasteiger partial charge in [-0.3, -0.25) is 4.79 Å². The molecule has 1 N–H and O–H groups in total. The molecule has 2 aliphatic carbocycles. The molecule has 3 nitrogen and oxygen atoms in total. The molecule has 0 amide bonds. The second-order valence-electron chi connectivity index (χ2n) is 6.65. The zero-order valence-corrected chi connectivity index (χ0v) is 13.1. The van der Waals surface area contributed by atoms with Crippen LogP contribution in [-0.2, 0) is 11.2 Å². The zero-order valence-electron chi connectivity index (χ0n) is 12.3. The van der Waals surface area contributed by atoms with Crippen molar-refractivity contribution in [1.29, 1.82) is 0 Å². The summed E-state index contributed by atoms with van der Waals surface area (Å²) in [7, 11) is 0. The zero-order chi connectivity index (χ0) is 14.3. The number of nitrogens with zero attached hydrogens (tertiary/aromatic N) is 1. The number of aryl methyl sites for hydroxylation is 1. The molecule has 0 saturated heterocycles.